The molecule has 0 radical (unpaired) electrons. The molecule has 1 aromatic heterocycles. The van der Waals surface area contributed by atoms with Crippen molar-refractivity contribution in [2.75, 3.05) is 16.7 Å². The Labute approximate surface area is 198 Å². The largest absolute Gasteiger partial charge is 0.497 e. The van der Waals surface area contributed by atoms with Crippen molar-refractivity contribution in [3.8, 4) is 5.75 Å². The van der Waals surface area contributed by atoms with Crippen LogP contribution >= 0.6 is 0 Å². The molecule has 4 aromatic rings. The number of nitrogens with one attached hydrogen (secondary N) is 1. The third-order valence-electron chi connectivity index (χ3n) is 5.17. The van der Waals surface area contributed by atoms with Crippen molar-refractivity contribution >= 4 is 27.4 Å². The van der Waals surface area contributed by atoms with E-state index >= 15 is 0 Å². The van der Waals surface area contributed by atoms with E-state index in [1.165, 1.54) is 16.4 Å². The van der Waals surface area contributed by atoms with Crippen molar-refractivity contribution in [1.29, 1.82) is 0 Å². The summed E-state index contributed by atoms with van der Waals surface area (Å²) in [6.07, 6.45) is 1.70. The van der Waals surface area contributed by atoms with Crippen LogP contribution in [0.4, 0.5) is 11.5 Å². The van der Waals surface area contributed by atoms with Crippen LogP contribution in [-0.2, 0) is 23.6 Å². The third kappa shape index (κ3) is 5.10. The highest BCUT2D eigenvalue weighted by Gasteiger charge is 2.26. The van der Waals surface area contributed by atoms with Crippen molar-refractivity contribution in [1.82, 2.24) is 9.78 Å². The lowest BCUT2D eigenvalue weighted by Gasteiger charge is -2.25. The van der Waals surface area contributed by atoms with Gasteiger partial charge in [-0.05, 0) is 48.0 Å². The van der Waals surface area contributed by atoms with Gasteiger partial charge in [0.05, 0.1) is 24.2 Å². The van der Waals surface area contributed by atoms with Crippen LogP contribution < -0.4 is 14.4 Å². The molecule has 0 unspecified atom stereocenters. The predicted molar refractivity (Wildman–Crippen MR) is 130 cm³/mol. The molecule has 0 fully saturated rings. The summed E-state index contributed by atoms with van der Waals surface area (Å²) in [7, 11) is -0.714. The van der Waals surface area contributed by atoms with Crippen molar-refractivity contribution in [3.63, 3.8) is 0 Å². The highest BCUT2D eigenvalue weighted by molar-refractivity contribution is 7.92. The number of aromatic nitrogens is 2. The van der Waals surface area contributed by atoms with Gasteiger partial charge in [0, 0.05) is 24.9 Å². The summed E-state index contributed by atoms with van der Waals surface area (Å²) in [4.78, 5) is 12.7. The summed E-state index contributed by atoms with van der Waals surface area (Å²) in [6.45, 7) is 0.125. The Kier molecular flexibility index (Phi) is 6.65. The predicted octanol–water partition coefficient (Wildman–Crippen LogP) is 4.08. The first-order valence-corrected chi connectivity index (χ1v) is 11.9. The molecule has 174 valence electrons. The van der Waals surface area contributed by atoms with Gasteiger partial charge in [0.25, 0.3) is 15.9 Å². The molecule has 0 aliphatic rings. The van der Waals surface area contributed by atoms with Gasteiger partial charge >= 0.3 is 0 Å². The van der Waals surface area contributed by atoms with Gasteiger partial charge in [0.2, 0.25) is 0 Å². The van der Waals surface area contributed by atoms with Crippen LogP contribution in [-0.4, -0.2) is 31.2 Å². The third-order valence-corrected chi connectivity index (χ3v) is 6.94. The second kappa shape index (κ2) is 9.80. The minimum atomic E-state index is -4.00. The van der Waals surface area contributed by atoms with E-state index in [1.54, 1.807) is 67.5 Å². The number of rotatable bonds is 8. The minimum Gasteiger partial charge on any atom is -0.497 e. The number of sulfonamides is 1. The lowest BCUT2D eigenvalue weighted by Crippen LogP contribution is -2.30. The molecule has 34 heavy (non-hydrogen) atoms. The van der Waals surface area contributed by atoms with E-state index in [-0.39, 0.29) is 17.0 Å². The standard InChI is InChI=1S/C25H24N4O4S/c1-28-16-15-24(27-28)26-25(30)20-9-6-10-23(17-20)34(31,32)29(18-19-7-4-3-5-8-19)21-11-13-22(33-2)14-12-21/h3-17H,18H2,1-2H3,(H,26,27,30). The molecule has 0 saturated heterocycles. The Morgan fingerprint density at radius 2 is 1.74 bits per heavy atom. The maximum Gasteiger partial charge on any atom is 0.264 e. The highest BCUT2D eigenvalue weighted by Crippen LogP contribution is 2.28. The molecule has 9 heteroatoms. The summed E-state index contributed by atoms with van der Waals surface area (Å²) >= 11 is 0. The summed E-state index contributed by atoms with van der Waals surface area (Å²) < 4.78 is 35.6. The van der Waals surface area contributed by atoms with Crippen LogP contribution in [0, 0.1) is 0 Å². The van der Waals surface area contributed by atoms with Crippen LogP contribution in [0.15, 0.2) is 96.0 Å². The van der Waals surface area contributed by atoms with Gasteiger partial charge in [-0.2, -0.15) is 5.10 Å². The van der Waals surface area contributed by atoms with E-state index in [4.69, 9.17) is 4.74 Å². The zero-order valence-electron chi connectivity index (χ0n) is 18.8. The summed E-state index contributed by atoms with van der Waals surface area (Å²) in [5.74, 6) is 0.550. The topological polar surface area (TPSA) is 93.5 Å². The number of carbonyl (C=O) groups excluding carboxylic acids is 1. The zero-order valence-corrected chi connectivity index (χ0v) is 19.6. The summed E-state index contributed by atoms with van der Waals surface area (Å²) in [5.41, 5.74) is 1.51. The van der Waals surface area contributed by atoms with Crippen LogP contribution in [0.5, 0.6) is 5.75 Å². The van der Waals surface area contributed by atoms with Gasteiger partial charge in [0.15, 0.2) is 5.82 Å². The lowest BCUT2D eigenvalue weighted by molar-refractivity contribution is 0.102. The second-order valence-electron chi connectivity index (χ2n) is 7.55. The lowest BCUT2D eigenvalue weighted by atomic mass is 10.2. The first-order valence-electron chi connectivity index (χ1n) is 10.5. The zero-order chi connectivity index (χ0) is 24.1. The van der Waals surface area contributed by atoms with E-state index in [0.717, 1.165) is 5.56 Å². The average molecular weight is 477 g/mol. The fraction of sp³-hybridized carbons (Fsp3) is 0.120. The van der Waals surface area contributed by atoms with Crippen LogP contribution in [0.25, 0.3) is 0 Å². The molecular weight excluding hydrogens is 452 g/mol. The maximum atomic E-state index is 13.8. The average Bonchev–Trinajstić information content (AvgIpc) is 3.27. The Morgan fingerprint density at radius 1 is 1.00 bits per heavy atom. The van der Waals surface area contributed by atoms with Gasteiger partial charge in [0.1, 0.15) is 5.75 Å². The summed E-state index contributed by atoms with van der Waals surface area (Å²) in [6, 6.07) is 23.7. The first-order chi connectivity index (χ1) is 16.4. The molecule has 1 heterocycles. The van der Waals surface area contributed by atoms with Gasteiger partial charge in [-0.3, -0.25) is 13.8 Å². The number of carbonyl (C=O) groups is 1. The van der Waals surface area contributed by atoms with Crippen molar-refractivity contribution in [3.05, 3.63) is 102 Å². The van der Waals surface area contributed by atoms with Gasteiger partial charge in [-0.15, -0.1) is 0 Å². The highest BCUT2D eigenvalue weighted by atomic mass is 32.2. The number of benzene rings is 3. The number of hydrogen-bond acceptors (Lipinski definition) is 5. The van der Waals surface area contributed by atoms with Crippen molar-refractivity contribution in [2.24, 2.45) is 7.05 Å². The molecule has 1 amide bonds. The molecule has 0 bridgehead atoms. The van der Waals surface area contributed by atoms with Crippen LogP contribution in [0.2, 0.25) is 0 Å². The molecule has 0 spiro atoms. The quantitative estimate of drug-likeness (QED) is 0.414. The number of amides is 1. The Hall–Kier alpha value is -4.11. The van der Waals surface area contributed by atoms with Gasteiger partial charge in [-0.25, -0.2) is 8.42 Å². The Morgan fingerprint density at radius 3 is 2.38 bits per heavy atom. The molecule has 0 saturated carbocycles. The van der Waals surface area contributed by atoms with Crippen LogP contribution in [0.1, 0.15) is 15.9 Å². The summed E-state index contributed by atoms with van der Waals surface area (Å²) in [5, 5.41) is 6.80. The number of aryl methyl sites for hydroxylation is 1. The molecule has 3 aromatic carbocycles. The maximum absolute atomic E-state index is 13.8. The number of nitrogens with zero attached hydrogens (tertiary/aromatic N) is 3. The molecule has 0 aliphatic carbocycles. The number of hydrogen-bond donors (Lipinski definition) is 1. The van der Waals surface area contributed by atoms with E-state index in [0.29, 0.717) is 17.3 Å². The molecular formula is C25H24N4O4S. The number of anilines is 2. The number of ether oxygens (including phenoxy) is 1. The van der Waals surface area contributed by atoms with Crippen molar-refractivity contribution in [2.45, 2.75) is 11.4 Å². The van der Waals surface area contributed by atoms with Crippen molar-refractivity contribution < 1.29 is 17.9 Å². The normalized spacial score (nSPS) is 11.1. The first kappa shape index (κ1) is 23.1. The molecule has 0 aliphatic heterocycles. The smallest absolute Gasteiger partial charge is 0.264 e. The fourth-order valence-electron chi connectivity index (χ4n) is 3.41. The van der Waals surface area contributed by atoms with Gasteiger partial charge < -0.3 is 10.1 Å². The molecule has 1 N–H and O–H groups in total. The molecule has 8 nitrogen and oxygen atoms in total. The van der Waals surface area contributed by atoms with E-state index in [1.807, 2.05) is 30.3 Å². The fourth-order valence-corrected chi connectivity index (χ4v) is 4.91. The number of methoxy groups -OCH3 is 1. The van der Waals surface area contributed by atoms with Gasteiger partial charge in [-0.1, -0.05) is 36.4 Å². The second-order valence-corrected chi connectivity index (χ2v) is 9.41. The Balaban J connectivity index is 1.69. The minimum absolute atomic E-state index is 0.00733. The SMILES string of the molecule is COc1ccc(N(Cc2ccccc2)S(=O)(=O)c2cccc(C(=O)Nc3ccn(C)n3)c2)cc1. The Bertz CT molecular complexity index is 1380. The van der Waals surface area contributed by atoms with E-state index in [9.17, 15) is 13.2 Å². The molecule has 0 atom stereocenters. The van der Waals surface area contributed by atoms with Crippen LogP contribution in [0.3, 0.4) is 0 Å². The molecule has 4 rings (SSSR count). The monoisotopic (exact) mass is 476 g/mol. The van der Waals surface area contributed by atoms with E-state index in [2.05, 4.69) is 10.4 Å². The van der Waals surface area contributed by atoms with E-state index < -0.39 is 15.9 Å².